The van der Waals surface area contributed by atoms with E-state index in [4.69, 9.17) is 4.52 Å². The molecule has 0 aliphatic carbocycles. The Morgan fingerprint density at radius 1 is 1.22 bits per heavy atom. The van der Waals surface area contributed by atoms with Gasteiger partial charge in [0.05, 0.1) is 17.1 Å². The van der Waals surface area contributed by atoms with Gasteiger partial charge in [-0.3, -0.25) is 9.47 Å². The molecule has 2 aromatic heterocycles. The van der Waals surface area contributed by atoms with E-state index in [-0.39, 0.29) is 23.2 Å². The molecule has 0 spiro atoms. The van der Waals surface area contributed by atoms with Crippen LogP contribution in [0, 0.1) is 0 Å². The molecule has 4 rings (SSSR count). The van der Waals surface area contributed by atoms with Crippen LogP contribution in [0.3, 0.4) is 0 Å². The van der Waals surface area contributed by atoms with Crippen molar-refractivity contribution in [1.29, 1.82) is 0 Å². The molecule has 1 aliphatic heterocycles. The summed E-state index contributed by atoms with van der Waals surface area (Å²) >= 11 is 0. The number of hydrogen-bond acceptors (Lipinski definition) is 5. The minimum absolute atomic E-state index is 0.0191. The average Bonchev–Trinajstić information content (AvgIpc) is 3.25. The van der Waals surface area contributed by atoms with E-state index >= 15 is 0 Å². The number of fused-ring (bicyclic) bond motifs is 1. The molecule has 3 aromatic rings. The summed E-state index contributed by atoms with van der Waals surface area (Å²) in [4.78, 5) is 22.4. The maximum atomic E-state index is 12.4. The van der Waals surface area contributed by atoms with Gasteiger partial charge in [0.15, 0.2) is 5.82 Å². The number of aromatic amines is 1. The number of rotatable bonds is 3. The van der Waals surface area contributed by atoms with E-state index < -0.39 is 0 Å². The molecule has 1 aromatic carbocycles. The van der Waals surface area contributed by atoms with Crippen LogP contribution in [-0.2, 0) is 5.41 Å². The molecule has 3 heterocycles. The fourth-order valence-electron chi connectivity index (χ4n) is 3.83. The third-order valence-electron chi connectivity index (χ3n) is 5.51. The number of nitrogens with one attached hydrogen (secondary N) is 1. The van der Waals surface area contributed by atoms with Crippen LogP contribution in [0.4, 0.5) is 0 Å². The molecule has 0 saturated carbocycles. The van der Waals surface area contributed by atoms with Crippen molar-refractivity contribution in [3.05, 3.63) is 46.5 Å². The fraction of sp³-hybridized carbons (Fsp3) is 0.550. The van der Waals surface area contributed by atoms with Crippen molar-refractivity contribution in [2.24, 2.45) is 0 Å². The smallest absolute Gasteiger partial charge is 0.326 e. The summed E-state index contributed by atoms with van der Waals surface area (Å²) in [5, 5.41) is 4.14. The largest absolute Gasteiger partial charge is 0.338 e. The van der Waals surface area contributed by atoms with E-state index in [9.17, 15) is 4.79 Å². The molecule has 1 fully saturated rings. The van der Waals surface area contributed by atoms with Gasteiger partial charge >= 0.3 is 5.69 Å². The summed E-state index contributed by atoms with van der Waals surface area (Å²) in [5.74, 6) is 1.41. The van der Waals surface area contributed by atoms with Crippen LogP contribution in [0.25, 0.3) is 11.0 Å². The Morgan fingerprint density at radius 2 is 1.93 bits per heavy atom. The van der Waals surface area contributed by atoms with Gasteiger partial charge in [-0.25, -0.2) is 4.79 Å². The molecule has 1 N–H and O–H groups in total. The molecule has 144 valence electrons. The van der Waals surface area contributed by atoms with Crippen molar-refractivity contribution >= 4 is 11.0 Å². The Hall–Kier alpha value is -2.41. The summed E-state index contributed by atoms with van der Waals surface area (Å²) in [5.41, 5.74) is 1.75. The third kappa shape index (κ3) is 3.32. The summed E-state index contributed by atoms with van der Waals surface area (Å²) in [6.45, 7) is 10.1. The highest BCUT2D eigenvalue weighted by Gasteiger charge is 2.30. The molecule has 1 aliphatic rings. The second-order valence-corrected chi connectivity index (χ2v) is 8.47. The highest BCUT2D eigenvalue weighted by molar-refractivity contribution is 5.75. The number of piperidine rings is 1. The molecule has 7 heteroatoms. The van der Waals surface area contributed by atoms with Crippen molar-refractivity contribution in [2.75, 3.05) is 13.1 Å². The molecule has 7 nitrogen and oxygen atoms in total. The quantitative estimate of drug-likeness (QED) is 0.765. The van der Waals surface area contributed by atoms with Crippen LogP contribution < -0.4 is 5.69 Å². The van der Waals surface area contributed by atoms with Crippen LogP contribution in [-0.4, -0.2) is 37.7 Å². The van der Waals surface area contributed by atoms with Crippen molar-refractivity contribution < 1.29 is 4.52 Å². The van der Waals surface area contributed by atoms with Crippen molar-refractivity contribution in [1.82, 2.24) is 24.6 Å². The standard InChI is InChI=1S/C20H27N5O2/c1-13(17-22-18(23-27-17)20(2,3)4)24-11-9-14(10-12-24)25-16-8-6-5-7-15(16)21-19(25)26/h5-8,13-14H,9-12H2,1-4H3,(H,21,26). The van der Waals surface area contributed by atoms with Crippen molar-refractivity contribution in [3.8, 4) is 0 Å². The Bertz CT molecular complexity index is 986. The van der Waals surface area contributed by atoms with Gasteiger partial charge in [0.2, 0.25) is 5.89 Å². The number of hydrogen-bond donors (Lipinski definition) is 1. The van der Waals surface area contributed by atoms with Gasteiger partial charge in [-0.1, -0.05) is 38.1 Å². The SMILES string of the molecule is CC(c1nc(C(C)(C)C)no1)N1CCC(n2c(=O)[nH]c3ccccc32)CC1. The predicted molar refractivity (Wildman–Crippen MR) is 104 cm³/mol. The van der Waals surface area contributed by atoms with Crippen LogP contribution in [0.15, 0.2) is 33.6 Å². The number of benzene rings is 1. The molecule has 27 heavy (non-hydrogen) atoms. The van der Waals surface area contributed by atoms with Gasteiger partial charge in [-0.05, 0) is 31.9 Å². The highest BCUT2D eigenvalue weighted by atomic mass is 16.5. The van der Waals surface area contributed by atoms with Gasteiger partial charge in [0, 0.05) is 24.5 Å². The zero-order valence-corrected chi connectivity index (χ0v) is 16.4. The molecular formula is C20H27N5O2. The number of nitrogens with zero attached hydrogens (tertiary/aromatic N) is 4. The Balaban J connectivity index is 1.48. The molecule has 1 saturated heterocycles. The van der Waals surface area contributed by atoms with Gasteiger partial charge in [-0.15, -0.1) is 0 Å². The van der Waals surface area contributed by atoms with E-state index in [0.29, 0.717) is 5.89 Å². The zero-order chi connectivity index (χ0) is 19.2. The van der Waals surface area contributed by atoms with Crippen molar-refractivity contribution in [3.63, 3.8) is 0 Å². The predicted octanol–water partition coefficient (Wildman–Crippen LogP) is 3.41. The van der Waals surface area contributed by atoms with Crippen molar-refractivity contribution in [2.45, 2.75) is 58.0 Å². The second-order valence-electron chi connectivity index (χ2n) is 8.47. The number of para-hydroxylation sites is 2. The van der Waals surface area contributed by atoms with Crippen LogP contribution >= 0.6 is 0 Å². The molecule has 1 unspecified atom stereocenters. The summed E-state index contributed by atoms with van der Waals surface area (Å²) in [6, 6.07) is 8.18. The summed E-state index contributed by atoms with van der Waals surface area (Å²) in [6.07, 6.45) is 1.85. The molecule has 0 amide bonds. The lowest BCUT2D eigenvalue weighted by molar-refractivity contribution is 0.122. The molecule has 0 bridgehead atoms. The van der Waals surface area contributed by atoms with E-state index in [2.05, 4.69) is 47.7 Å². The minimum Gasteiger partial charge on any atom is -0.338 e. The first kappa shape index (κ1) is 18.0. The Kier molecular flexibility index (Phi) is 4.42. The zero-order valence-electron chi connectivity index (χ0n) is 16.4. The van der Waals surface area contributed by atoms with E-state index in [0.717, 1.165) is 42.8 Å². The fourth-order valence-corrected chi connectivity index (χ4v) is 3.83. The topological polar surface area (TPSA) is 79.9 Å². The highest BCUT2D eigenvalue weighted by Crippen LogP contribution is 2.30. The Morgan fingerprint density at radius 3 is 2.59 bits per heavy atom. The normalized spacial score (nSPS) is 18.2. The van der Waals surface area contributed by atoms with Crippen LogP contribution in [0.2, 0.25) is 0 Å². The number of likely N-dealkylation sites (tertiary alicyclic amines) is 1. The number of imidazole rings is 1. The van der Waals surface area contributed by atoms with E-state index in [1.165, 1.54) is 0 Å². The molecular weight excluding hydrogens is 342 g/mol. The Labute approximate surface area is 158 Å². The summed E-state index contributed by atoms with van der Waals surface area (Å²) in [7, 11) is 0. The first-order valence-electron chi connectivity index (χ1n) is 9.62. The van der Waals surface area contributed by atoms with E-state index in [1.807, 2.05) is 28.8 Å². The van der Waals surface area contributed by atoms with E-state index in [1.54, 1.807) is 0 Å². The maximum Gasteiger partial charge on any atom is 0.326 e. The monoisotopic (exact) mass is 369 g/mol. The number of aromatic nitrogens is 4. The van der Waals surface area contributed by atoms with Gasteiger partial charge < -0.3 is 9.51 Å². The summed E-state index contributed by atoms with van der Waals surface area (Å²) < 4.78 is 7.44. The minimum atomic E-state index is -0.120. The molecule has 0 radical (unpaired) electrons. The lowest BCUT2D eigenvalue weighted by atomic mass is 9.96. The third-order valence-corrected chi connectivity index (χ3v) is 5.51. The first-order chi connectivity index (χ1) is 12.8. The number of H-pyrrole nitrogens is 1. The maximum absolute atomic E-state index is 12.4. The van der Waals surface area contributed by atoms with Gasteiger partial charge in [0.25, 0.3) is 0 Å². The first-order valence-corrected chi connectivity index (χ1v) is 9.62. The van der Waals surface area contributed by atoms with Gasteiger partial charge in [-0.2, -0.15) is 4.98 Å². The molecule has 1 atom stereocenters. The van der Waals surface area contributed by atoms with Crippen LogP contribution in [0.1, 0.15) is 64.3 Å². The lowest BCUT2D eigenvalue weighted by Gasteiger charge is -2.34. The lowest BCUT2D eigenvalue weighted by Crippen LogP contribution is -2.38. The second kappa shape index (κ2) is 6.64. The average molecular weight is 369 g/mol. The van der Waals surface area contributed by atoms with Crippen LogP contribution in [0.5, 0.6) is 0 Å². The van der Waals surface area contributed by atoms with Gasteiger partial charge in [0.1, 0.15) is 0 Å².